The standard InChI is InChI=1S/C33H25F9O4/c1-2-3-8-43-21-15-44-32(45-16-21)18-5-7-22(25(35)10-18)17-4-6-23(24(34)9-17)19-11-26(36)30(27(37)12-19)33(41,42)46-20-13-28(38)31(40)29(39)14-20/h4-7,9-14,21,32H,2-3,8,15-16H2,1H3. The van der Waals surface area contributed by atoms with Gasteiger partial charge >= 0.3 is 6.11 Å². The van der Waals surface area contributed by atoms with Gasteiger partial charge in [0.25, 0.3) is 0 Å². The van der Waals surface area contributed by atoms with Crippen molar-refractivity contribution in [3.63, 3.8) is 0 Å². The number of benzene rings is 4. The molecule has 1 aliphatic heterocycles. The Bertz CT molecular complexity index is 1680. The maximum atomic E-state index is 15.2. The molecular weight excluding hydrogens is 631 g/mol. The summed E-state index contributed by atoms with van der Waals surface area (Å²) in [5, 5.41) is 0. The quantitative estimate of drug-likeness (QED) is 0.0969. The van der Waals surface area contributed by atoms with Crippen LogP contribution in [0.2, 0.25) is 0 Å². The van der Waals surface area contributed by atoms with E-state index >= 15 is 8.78 Å². The molecular formula is C33H25F9O4. The molecule has 13 heteroatoms. The van der Waals surface area contributed by atoms with Crippen molar-refractivity contribution in [2.24, 2.45) is 0 Å². The molecule has 0 aliphatic carbocycles. The minimum atomic E-state index is -4.81. The average molecular weight is 657 g/mol. The lowest BCUT2D eigenvalue weighted by atomic mass is 9.97. The first kappa shape index (κ1) is 33.3. The Balaban J connectivity index is 1.32. The Hall–Kier alpha value is -4.07. The Kier molecular flexibility index (Phi) is 9.94. The van der Waals surface area contributed by atoms with Crippen molar-refractivity contribution in [2.45, 2.75) is 38.3 Å². The van der Waals surface area contributed by atoms with Gasteiger partial charge in [-0.3, -0.25) is 0 Å². The molecule has 5 rings (SSSR count). The van der Waals surface area contributed by atoms with Gasteiger partial charge in [-0.05, 0) is 41.8 Å². The van der Waals surface area contributed by atoms with E-state index in [4.69, 9.17) is 14.2 Å². The van der Waals surface area contributed by atoms with E-state index in [1.807, 2.05) is 6.92 Å². The second-order valence-corrected chi connectivity index (χ2v) is 10.4. The number of unbranched alkanes of at least 4 members (excludes halogenated alkanes) is 1. The lowest BCUT2D eigenvalue weighted by Gasteiger charge is -2.29. The fraction of sp³-hybridized carbons (Fsp3) is 0.273. The van der Waals surface area contributed by atoms with Gasteiger partial charge in [-0.15, -0.1) is 0 Å². The van der Waals surface area contributed by atoms with E-state index < -0.39 is 75.6 Å². The second kappa shape index (κ2) is 13.7. The summed E-state index contributed by atoms with van der Waals surface area (Å²) in [6, 6.07) is 8.28. The predicted molar refractivity (Wildman–Crippen MR) is 147 cm³/mol. The molecule has 0 amide bonds. The highest BCUT2D eigenvalue weighted by Gasteiger charge is 2.41. The molecule has 1 saturated heterocycles. The molecule has 244 valence electrons. The number of rotatable bonds is 10. The van der Waals surface area contributed by atoms with Crippen molar-refractivity contribution in [1.82, 2.24) is 0 Å². The minimum absolute atomic E-state index is 0.0102. The molecule has 0 aromatic heterocycles. The maximum absolute atomic E-state index is 15.2. The second-order valence-electron chi connectivity index (χ2n) is 10.4. The van der Waals surface area contributed by atoms with Crippen molar-refractivity contribution in [1.29, 1.82) is 0 Å². The normalized spacial score (nSPS) is 16.9. The van der Waals surface area contributed by atoms with Gasteiger partial charge in [-0.25, -0.2) is 30.7 Å². The van der Waals surface area contributed by atoms with Gasteiger partial charge in [-0.1, -0.05) is 37.6 Å². The maximum Gasteiger partial charge on any atom is 0.432 e. The van der Waals surface area contributed by atoms with E-state index in [9.17, 15) is 30.7 Å². The predicted octanol–water partition coefficient (Wildman–Crippen LogP) is 9.35. The number of hydrogen-bond acceptors (Lipinski definition) is 4. The highest BCUT2D eigenvalue weighted by atomic mass is 19.3. The summed E-state index contributed by atoms with van der Waals surface area (Å²) in [6.07, 6.45) is -4.01. The van der Waals surface area contributed by atoms with Crippen LogP contribution in [0, 0.1) is 40.7 Å². The first-order valence-corrected chi connectivity index (χ1v) is 14.0. The Morgan fingerprint density at radius 3 is 1.85 bits per heavy atom. The molecule has 4 nitrogen and oxygen atoms in total. The molecule has 0 saturated carbocycles. The van der Waals surface area contributed by atoms with Crippen molar-refractivity contribution in [3.8, 4) is 28.0 Å². The third-order valence-corrected chi connectivity index (χ3v) is 7.11. The summed E-state index contributed by atoms with van der Waals surface area (Å²) in [4.78, 5) is 0. The molecule has 1 fully saturated rings. The fourth-order valence-electron chi connectivity index (χ4n) is 4.79. The summed E-state index contributed by atoms with van der Waals surface area (Å²) < 4.78 is 150. The van der Waals surface area contributed by atoms with Gasteiger partial charge in [0.05, 0.1) is 13.2 Å². The molecule has 4 aromatic carbocycles. The Morgan fingerprint density at radius 2 is 1.26 bits per heavy atom. The van der Waals surface area contributed by atoms with E-state index in [-0.39, 0.29) is 42.6 Å². The van der Waals surface area contributed by atoms with Crippen molar-refractivity contribution < 1.29 is 58.5 Å². The number of alkyl halides is 2. The summed E-state index contributed by atoms with van der Waals surface area (Å²) in [5.41, 5.74) is -2.40. The minimum Gasteiger partial charge on any atom is -0.429 e. The summed E-state index contributed by atoms with van der Waals surface area (Å²) in [7, 11) is 0. The fourth-order valence-corrected chi connectivity index (χ4v) is 4.79. The number of ether oxygens (including phenoxy) is 4. The van der Waals surface area contributed by atoms with Crippen LogP contribution in [0.1, 0.15) is 37.2 Å². The van der Waals surface area contributed by atoms with Crippen LogP contribution in [0.15, 0.2) is 60.7 Å². The molecule has 0 spiro atoms. The Labute approximate surface area is 257 Å². The molecule has 1 aliphatic rings. The smallest absolute Gasteiger partial charge is 0.429 e. The van der Waals surface area contributed by atoms with Gasteiger partial charge in [0.15, 0.2) is 23.7 Å². The van der Waals surface area contributed by atoms with Crippen LogP contribution in [0.5, 0.6) is 5.75 Å². The van der Waals surface area contributed by atoms with Gasteiger partial charge in [0, 0.05) is 35.4 Å². The van der Waals surface area contributed by atoms with E-state index in [1.165, 1.54) is 24.3 Å². The van der Waals surface area contributed by atoms with Crippen LogP contribution in [0.25, 0.3) is 22.3 Å². The molecule has 0 atom stereocenters. The molecule has 1 heterocycles. The van der Waals surface area contributed by atoms with Crippen molar-refractivity contribution in [3.05, 3.63) is 113 Å². The Morgan fingerprint density at radius 1 is 0.696 bits per heavy atom. The molecule has 0 bridgehead atoms. The monoisotopic (exact) mass is 656 g/mol. The van der Waals surface area contributed by atoms with Gasteiger partial charge in [0.1, 0.15) is 40.7 Å². The van der Waals surface area contributed by atoms with Crippen LogP contribution >= 0.6 is 0 Å². The van der Waals surface area contributed by atoms with Crippen LogP contribution in [-0.4, -0.2) is 25.9 Å². The lowest BCUT2D eigenvalue weighted by Crippen LogP contribution is -2.33. The van der Waals surface area contributed by atoms with Gasteiger partial charge in [0.2, 0.25) is 0 Å². The molecule has 0 unspecified atom stereocenters. The topological polar surface area (TPSA) is 36.9 Å². The molecule has 0 radical (unpaired) electrons. The zero-order valence-corrected chi connectivity index (χ0v) is 24.0. The summed E-state index contributed by atoms with van der Waals surface area (Å²) in [6.45, 7) is 3.12. The SMILES string of the molecule is CCCCOC1COC(c2ccc(-c3ccc(-c4cc(F)c(C(F)(F)Oc5cc(F)c(F)c(F)c5)c(F)c4)c(F)c3)c(F)c2)OC1. The van der Waals surface area contributed by atoms with Gasteiger partial charge < -0.3 is 18.9 Å². The highest BCUT2D eigenvalue weighted by molar-refractivity contribution is 5.72. The largest absolute Gasteiger partial charge is 0.432 e. The molecule has 46 heavy (non-hydrogen) atoms. The molecule has 0 N–H and O–H groups in total. The third-order valence-electron chi connectivity index (χ3n) is 7.11. The van der Waals surface area contributed by atoms with Crippen LogP contribution in [0.4, 0.5) is 39.5 Å². The van der Waals surface area contributed by atoms with E-state index in [0.717, 1.165) is 25.0 Å². The third kappa shape index (κ3) is 7.16. The zero-order valence-electron chi connectivity index (χ0n) is 24.0. The summed E-state index contributed by atoms with van der Waals surface area (Å²) in [5.74, 6) is -12.5. The highest BCUT2D eigenvalue weighted by Crippen LogP contribution is 2.39. The average Bonchev–Trinajstić information content (AvgIpc) is 2.99. The molecule has 4 aromatic rings. The zero-order chi connectivity index (χ0) is 33.2. The number of hydrogen-bond donors (Lipinski definition) is 0. The van der Waals surface area contributed by atoms with Crippen LogP contribution in [-0.2, 0) is 20.3 Å². The lowest BCUT2D eigenvalue weighted by molar-refractivity contribution is -0.230. The van der Waals surface area contributed by atoms with Crippen molar-refractivity contribution >= 4 is 0 Å². The number of halogens is 9. The van der Waals surface area contributed by atoms with Crippen molar-refractivity contribution in [2.75, 3.05) is 19.8 Å². The summed E-state index contributed by atoms with van der Waals surface area (Å²) >= 11 is 0. The van der Waals surface area contributed by atoms with Crippen LogP contribution in [0.3, 0.4) is 0 Å². The van der Waals surface area contributed by atoms with E-state index in [0.29, 0.717) is 24.3 Å². The van der Waals surface area contributed by atoms with E-state index in [1.54, 1.807) is 0 Å². The first-order chi connectivity index (χ1) is 21.9. The van der Waals surface area contributed by atoms with Gasteiger partial charge in [-0.2, -0.15) is 8.78 Å². The van der Waals surface area contributed by atoms with E-state index in [2.05, 4.69) is 4.74 Å². The van der Waals surface area contributed by atoms with Crippen LogP contribution < -0.4 is 4.74 Å². The first-order valence-electron chi connectivity index (χ1n) is 14.0.